The predicted molar refractivity (Wildman–Crippen MR) is 70.6 cm³/mol. The summed E-state index contributed by atoms with van der Waals surface area (Å²) in [6, 6.07) is 1.92. The molecular weight excluding hydrogens is 244 g/mol. The van der Waals surface area contributed by atoms with E-state index in [1.54, 1.807) is 0 Å². The van der Waals surface area contributed by atoms with E-state index in [1.807, 2.05) is 38.7 Å². The number of aryl methyl sites for hydroxylation is 1. The van der Waals surface area contributed by atoms with Crippen LogP contribution in [0, 0.1) is 6.92 Å². The molecule has 19 heavy (non-hydrogen) atoms. The van der Waals surface area contributed by atoms with Crippen LogP contribution in [0.5, 0.6) is 0 Å². The van der Waals surface area contributed by atoms with Crippen LogP contribution in [0.3, 0.4) is 0 Å². The molecule has 0 N–H and O–H groups in total. The smallest absolute Gasteiger partial charge is 0.249 e. The first-order valence-corrected chi connectivity index (χ1v) is 6.73. The number of carbonyl (C=O) groups is 1. The molecule has 0 radical (unpaired) electrons. The summed E-state index contributed by atoms with van der Waals surface area (Å²) in [6.45, 7) is 8.60. The first kappa shape index (κ1) is 14.1. The van der Waals surface area contributed by atoms with Gasteiger partial charge in [-0.2, -0.15) is 0 Å². The number of rotatable bonds is 3. The quantitative estimate of drug-likeness (QED) is 0.843. The van der Waals surface area contributed by atoms with Gasteiger partial charge in [-0.15, -0.1) is 0 Å². The van der Waals surface area contributed by atoms with Gasteiger partial charge in [-0.1, -0.05) is 5.16 Å². The third-order valence-electron chi connectivity index (χ3n) is 3.18. The van der Waals surface area contributed by atoms with Crippen LogP contribution in [0.1, 0.15) is 51.1 Å². The van der Waals surface area contributed by atoms with Crippen LogP contribution < -0.4 is 0 Å². The van der Waals surface area contributed by atoms with Gasteiger partial charge in [-0.3, -0.25) is 4.79 Å². The largest absolute Gasteiger partial charge is 0.366 e. The number of likely N-dealkylation sites (tertiary alicyclic amines) is 1. The van der Waals surface area contributed by atoms with Gasteiger partial charge in [0, 0.05) is 12.6 Å². The number of carbonyl (C=O) groups excluding carboxylic acids is 1. The van der Waals surface area contributed by atoms with Gasteiger partial charge < -0.3 is 14.2 Å². The fraction of sp³-hybridized carbons (Fsp3) is 0.714. The van der Waals surface area contributed by atoms with Crippen molar-refractivity contribution in [2.45, 2.75) is 52.2 Å². The van der Waals surface area contributed by atoms with Crippen LogP contribution in [-0.2, 0) is 9.53 Å². The lowest BCUT2D eigenvalue weighted by atomic mass is 10.1. The molecule has 1 unspecified atom stereocenters. The molecule has 1 aromatic heterocycles. The Labute approximate surface area is 113 Å². The molecule has 0 bridgehead atoms. The lowest BCUT2D eigenvalue weighted by molar-refractivity contribution is -0.142. The highest BCUT2D eigenvalue weighted by Crippen LogP contribution is 2.32. The van der Waals surface area contributed by atoms with Crippen molar-refractivity contribution < 1.29 is 14.1 Å². The second kappa shape index (κ2) is 5.33. The van der Waals surface area contributed by atoms with Crippen molar-refractivity contribution in [2.75, 3.05) is 13.2 Å². The summed E-state index contributed by atoms with van der Waals surface area (Å²) in [4.78, 5) is 14.1. The molecule has 0 saturated carbocycles. The first-order chi connectivity index (χ1) is 8.87. The SMILES string of the molecule is Cc1cc(C2CCCN2C(=O)COC(C)(C)C)on1. The topological polar surface area (TPSA) is 55.6 Å². The maximum Gasteiger partial charge on any atom is 0.249 e. The Morgan fingerprint density at radius 2 is 2.32 bits per heavy atom. The minimum Gasteiger partial charge on any atom is -0.366 e. The lowest BCUT2D eigenvalue weighted by Gasteiger charge is -2.25. The number of ether oxygens (including phenoxy) is 1. The van der Waals surface area contributed by atoms with E-state index in [1.165, 1.54) is 0 Å². The number of nitrogens with zero attached hydrogens (tertiary/aromatic N) is 2. The fourth-order valence-electron chi connectivity index (χ4n) is 2.26. The molecule has 1 aliphatic heterocycles. The number of aromatic nitrogens is 1. The van der Waals surface area contributed by atoms with E-state index in [2.05, 4.69) is 5.16 Å². The summed E-state index contributed by atoms with van der Waals surface area (Å²) in [5.74, 6) is 0.797. The zero-order valence-corrected chi connectivity index (χ0v) is 12.1. The van der Waals surface area contributed by atoms with E-state index in [4.69, 9.17) is 9.26 Å². The lowest BCUT2D eigenvalue weighted by Crippen LogP contribution is -2.36. The average Bonchev–Trinajstić information content (AvgIpc) is 2.92. The van der Waals surface area contributed by atoms with E-state index in [0.29, 0.717) is 0 Å². The minimum absolute atomic E-state index is 0.0114. The molecule has 0 spiro atoms. The standard InChI is InChI=1S/C14H22N2O3/c1-10-8-12(19-15-10)11-6-5-7-16(11)13(17)9-18-14(2,3)4/h8,11H,5-7,9H2,1-4H3. The number of hydrogen-bond acceptors (Lipinski definition) is 4. The highest BCUT2D eigenvalue weighted by molar-refractivity contribution is 5.78. The molecule has 1 saturated heterocycles. The van der Waals surface area contributed by atoms with Crippen LogP contribution in [0.4, 0.5) is 0 Å². The van der Waals surface area contributed by atoms with Gasteiger partial charge in [-0.25, -0.2) is 0 Å². The van der Waals surface area contributed by atoms with Crippen LogP contribution in [0.2, 0.25) is 0 Å². The Morgan fingerprint density at radius 3 is 2.89 bits per heavy atom. The van der Waals surface area contributed by atoms with Crippen LogP contribution in [0.25, 0.3) is 0 Å². The summed E-state index contributed by atoms with van der Waals surface area (Å²) in [7, 11) is 0. The molecule has 0 aromatic carbocycles. The van der Waals surface area contributed by atoms with Gasteiger partial charge in [0.25, 0.3) is 0 Å². The van der Waals surface area contributed by atoms with Gasteiger partial charge >= 0.3 is 0 Å². The zero-order valence-electron chi connectivity index (χ0n) is 12.1. The summed E-state index contributed by atoms with van der Waals surface area (Å²) < 4.78 is 10.8. The normalized spacial score (nSPS) is 20.0. The third-order valence-corrected chi connectivity index (χ3v) is 3.18. The maximum absolute atomic E-state index is 12.2. The second-order valence-electron chi connectivity index (χ2n) is 6.02. The van der Waals surface area contributed by atoms with E-state index in [9.17, 15) is 4.79 Å². The Bertz CT molecular complexity index is 448. The summed E-state index contributed by atoms with van der Waals surface area (Å²) >= 11 is 0. The molecule has 2 rings (SSSR count). The van der Waals surface area contributed by atoms with Gasteiger partial charge in [-0.05, 0) is 40.5 Å². The Balaban J connectivity index is 2.00. The molecule has 5 nitrogen and oxygen atoms in total. The van der Waals surface area contributed by atoms with Crippen LogP contribution >= 0.6 is 0 Å². The number of hydrogen-bond donors (Lipinski definition) is 0. The van der Waals surface area contributed by atoms with Crippen molar-refractivity contribution in [3.8, 4) is 0 Å². The molecular formula is C14H22N2O3. The maximum atomic E-state index is 12.2. The van der Waals surface area contributed by atoms with Gasteiger partial charge in [0.1, 0.15) is 6.61 Å². The average molecular weight is 266 g/mol. The highest BCUT2D eigenvalue weighted by atomic mass is 16.5. The van der Waals surface area contributed by atoms with E-state index in [-0.39, 0.29) is 24.2 Å². The molecule has 0 aliphatic carbocycles. The zero-order chi connectivity index (χ0) is 14.0. The van der Waals surface area contributed by atoms with Crippen molar-refractivity contribution in [3.05, 3.63) is 17.5 Å². The minimum atomic E-state index is -0.298. The fourth-order valence-corrected chi connectivity index (χ4v) is 2.26. The van der Waals surface area contributed by atoms with Gasteiger partial charge in [0.05, 0.1) is 17.3 Å². The van der Waals surface area contributed by atoms with E-state index < -0.39 is 0 Å². The molecule has 106 valence electrons. The summed E-state index contributed by atoms with van der Waals surface area (Å²) in [5.41, 5.74) is 0.550. The monoisotopic (exact) mass is 266 g/mol. The van der Waals surface area contributed by atoms with E-state index >= 15 is 0 Å². The number of amides is 1. The Kier molecular flexibility index (Phi) is 3.94. The first-order valence-electron chi connectivity index (χ1n) is 6.73. The Morgan fingerprint density at radius 1 is 1.58 bits per heavy atom. The molecule has 1 aliphatic rings. The van der Waals surface area contributed by atoms with Crippen molar-refractivity contribution in [2.24, 2.45) is 0 Å². The van der Waals surface area contributed by atoms with Crippen LogP contribution in [0.15, 0.2) is 10.6 Å². The third kappa shape index (κ3) is 3.56. The van der Waals surface area contributed by atoms with Crippen LogP contribution in [-0.4, -0.2) is 34.7 Å². The molecule has 5 heteroatoms. The Hall–Kier alpha value is -1.36. The van der Waals surface area contributed by atoms with Crippen molar-refractivity contribution in [3.63, 3.8) is 0 Å². The van der Waals surface area contributed by atoms with Crippen molar-refractivity contribution in [1.29, 1.82) is 0 Å². The molecule has 1 amide bonds. The molecule has 1 atom stereocenters. The van der Waals surface area contributed by atoms with Crippen molar-refractivity contribution >= 4 is 5.91 Å². The summed E-state index contributed by atoms with van der Waals surface area (Å²) in [6.07, 6.45) is 1.92. The molecule has 1 fully saturated rings. The van der Waals surface area contributed by atoms with Crippen molar-refractivity contribution in [1.82, 2.24) is 10.1 Å². The van der Waals surface area contributed by atoms with E-state index in [0.717, 1.165) is 30.8 Å². The highest BCUT2D eigenvalue weighted by Gasteiger charge is 2.33. The molecule has 1 aromatic rings. The van der Waals surface area contributed by atoms with Gasteiger partial charge in [0.2, 0.25) is 5.91 Å². The molecule has 2 heterocycles. The second-order valence-corrected chi connectivity index (χ2v) is 6.02. The summed E-state index contributed by atoms with van der Waals surface area (Å²) in [5, 5.41) is 3.90. The van der Waals surface area contributed by atoms with Gasteiger partial charge in [0.15, 0.2) is 5.76 Å². The predicted octanol–water partition coefficient (Wildman–Crippen LogP) is 2.46.